The number of rotatable bonds is 6. The van der Waals surface area contributed by atoms with E-state index in [0.717, 1.165) is 25.2 Å². The number of carbonyl (C=O) groups is 1. The van der Waals surface area contributed by atoms with Gasteiger partial charge in [0.05, 0.1) is 6.61 Å². The molecule has 0 spiro atoms. The number of ether oxygens (including phenoxy) is 1. The van der Waals surface area contributed by atoms with Crippen LogP contribution in [0.2, 0.25) is 0 Å². The quantitative estimate of drug-likeness (QED) is 0.767. The molecule has 9 nitrogen and oxygen atoms in total. The first kappa shape index (κ1) is 18.1. The van der Waals surface area contributed by atoms with Gasteiger partial charge in [0.25, 0.3) is 5.56 Å². The summed E-state index contributed by atoms with van der Waals surface area (Å²) in [6.45, 7) is 2.48. The van der Waals surface area contributed by atoms with Gasteiger partial charge in [-0.25, -0.2) is 9.78 Å². The molecule has 1 N–H and O–H groups in total. The molecule has 2 aromatic rings. The van der Waals surface area contributed by atoms with E-state index in [0.29, 0.717) is 19.7 Å². The van der Waals surface area contributed by atoms with Crippen molar-refractivity contribution in [1.29, 1.82) is 0 Å². The molecule has 1 saturated heterocycles. The van der Waals surface area contributed by atoms with Crippen LogP contribution in [0.25, 0.3) is 0 Å². The molecule has 3 heterocycles. The predicted molar refractivity (Wildman–Crippen MR) is 94.0 cm³/mol. The highest BCUT2D eigenvalue weighted by Crippen LogP contribution is 2.26. The van der Waals surface area contributed by atoms with Gasteiger partial charge in [-0.05, 0) is 12.8 Å². The number of carbonyl (C=O) groups excluding carboxylic acids is 1. The maximum Gasteiger partial charge on any atom is 0.328 e. The number of imidazole rings is 1. The Kier molecular flexibility index (Phi) is 5.67. The molecule has 1 aliphatic rings. The van der Waals surface area contributed by atoms with Crippen molar-refractivity contribution < 1.29 is 9.53 Å². The van der Waals surface area contributed by atoms with Gasteiger partial charge in [-0.2, -0.15) is 0 Å². The highest BCUT2D eigenvalue weighted by atomic mass is 16.5. The molecule has 1 fully saturated rings. The van der Waals surface area contributed by atoms with Crippen LogP contribution in [-0.4, -0.2) is 56.7 Å². The van der Waals surface area contributed by atoms with Crippen LogP contribution >= 0.6 is 0 Å². The summed E-state index contributed by atoms with van der Waals surface area (Å²) < 4.78 is 8.41. The molecule has 0 radical (unpaired) electrons. The van der Waals surface area contributed by atoms with E-state index in [2.05, 4.69) is 14.5 Å². The van der Waals surface area contributed by atoms with Gasteiger partial charge < -0.3 is 14.2 Å². The molecule has 1 amide bonds. The number of hydrogen-bond donors (Lipinski definition) is 1. The minimum atomic E-state index is -0.575. The van der Waals surface area contributed by atoms with E-state index in [4.69, 9.17) is 4.74 Å². The summed E-state index contributed by atoms with van der Waals surface area (Å²) in [6, 6.07) is 1.24. The zero-order valence-electron chi connectivity index (χ0n) is 14.8. The standard InChI is InChI=1S/C17H23N5O4/c1-26-10-9-20-8-5-18-16(20)13-3-2-6-21(11-13)15(24)12-22-7-4-14(23)19-17(22)25/h4-5,7-8,13H,2-3,6,9-12H2,1H3,(H,19,23,25). The molecular weight excluding hydrogens is 338 g/mol. The highest BCUT2D eigenvalue weighted by Gasteiger charge is 2.27. The number of nitrogens with one attached hydrogen (secondary N) is 1. The first-order valence-electron chi connectivity index (χ1n) is 8.66. The van der Waals surface area contributed by atoms with Gasteiger partial charge in [0.2, 0.25) is 5.91 Å². The Bertz CT molecular complexity index is 868. The number of aromatic nitrogens is 4. The van der Waals surface area contributed by atoms with E-state index in [9.17, 15) is 14.4 Å². The number of nitrogens with zero attached hydrogens (tertiary/aromatic N) is 4. The number of amides is 1. The smallest absolute Gasteiger partial charge is 0.328 e. The maximum atomic E-state index is 12.6. The maximum absolute atomic E-state index is 12.6. The van der Waals surface area contributed by atoms with E-state index in [1.807, 2.05) is 6.20 Å². The summed E-state index contributed by atoms with van der Waals surface area (Å²) in [4.78, 5) is 43.9. The van der Waals surface area contributed by atoms with Gasteiger partial charge in [-0.1, -0.05) is 0 Å². The Morgan fingerprint density at radius 2 is 2.19 bits per heavy atom. The van der Waals surface area contributed by atoms with Crippen molar-refractivity contribution in [3.8, 4) is 0 Å². The molecule has 3 rings (SSSR count). The summed E-state index contributed by atoms with van der Waals surface area (Å²) in [6.07, 6.45) is 6.89. The van der Waals surface area contributed by atoms with Gasteiger partial charge in [-0.3, -0.25) is 19.1 Å². The molecule has 0 saturated carbocycles. The van der Waals surface area contributed by atoms with Gasteiger partial charge in [0.15, 0.2) is 0 Å². The summed E-state index contributed by atoms with van der Waals surface area (Å²) in [5.41, 5.74) is -1.05. The average molecular weight is 361 g/mol. The van der Waals surface area contributed by atoms with E-state index < -0.39 is 11.2 Å². The average Bonchev–Trinajstić information content (AvgIpc) is 3.11. The SMILES string of the molecule is COCCn1ccnc1C1CCCN(C(=O)Cn2ccc(=O)[nH]c2=O)C1. The minimum Gasteiger partial charge on any atom is -0.383 e. The van der Waals surface area contributed by atoms with Crippen LogP contribution in [0, 0.1) is 0 Å². The van der Waals surface area contributed by atoms with E-state index in [1.165, 1.54) is 16.8 Å². The van der Waals surface area contributed by atoms with E-state index in [1.54, 1.807) is 18.2 Å². The first-order chi connectivity index (χ1) is 12.6. The van der Waals surface area contributed by atoms with Crippen LogP contribution in [0.1, 0.15) is 24.6 Å². The van der Waals surface area contributed by atoms with Crippen LogP contribution in [0.5, 0.6) is 0 Å². The van der Waals surface area contributed by atoms with Crippen molar-refractivity contribution in [3.05, 3.63) is 51.3 Å². The minimum absolute atomic E-state index is 0.0829. The zero-order chi connectivity index (χ0) is 18.5. The molecule has 1 aliphatic heterocycles. The lowest BCUT2D eigenvalue weighted by atomic mass is 9.97. The summed E-state index contributed by atoms with van der Waals surface area (Å²) in [7, 11) is 1.66. The number of piperidine rings is 1. The Balaban J connectivity index is 1.68. The fourth-order valence-electron chi connectivity index (χ4n) is 3.29. The normalized spacial score (nSPS) is 17.4. The lowest BCUT2D eigenvalue weighted by molar-refractivity contribution is -0.133. The van der Waals surface area contributed by atoms with Crippen molar-refractivity contribution in [2.75, 3.05) is 26.8 Å². The van der Waals surface area contributed by atoms with E-state index >= 15 is 0 Å². The van der Waals surface area contributed by atoms with Crippen molar-refractivity contribution in [2.45, 2.75) is 31.8 Å². The number of likely N-dealkylation sites (tertiary alicyclic amines) is 1. The lowest BCUT2D eigenvalue weighted by Gasteiger charge is -2.32. The monoisotopic (exact) mass is 361 g/mol. The fourth-order valence-corrected chi connectivity index (χ4v) is 3.29. The summed E-state index contributed by atoms with van der Waals surface area (Å²) in [5, 5.41) is 0. The van der Waals surface area contributed by atoms with Crippen LogP contribution in [0.15, 0.2) is 34.2 Å². The number of hydrogen-bond acceptors (Lipinski definition) is 5. The topological polar surface area (TPSA) is 102 Å². The Morgan fingerprint density at radius 1 is 1.35 bits per heavy atom. The molecule has 0 aliphatic carbocycles. The van der Waals surface area contributed by atoms with Gasteiger partial charge in [0, 0.05) is 57.3 Å². The molecule has 1 unspecified atom stereocenters. The van der Waals surface area contributed by atoms with Crippen molar-refractivity contribution in [1.82, 2.24) is 24.0 Å². The zero-order valence-corrected chi connectivity index (χ0v) is 14.8. The third-order valence-electron chi connectivity index (χ3n) is 4.63. The Labute approximate surface area is 150 Å². The first-order valence-corrected chi connectivity index (χ1v) is 8.66. The van der Waals surface area contributed by atoms with Gasteiger partial charge in [0.1, 0.15) is 12.4 Å². The number of H-pyrrole nitrogens is 1. The van der Waals surface area contributed by atoms with Gasteiger partial charge >= 0.3 is 5.69 Å². The van der Waals surface area contributed by atoms with Crippen LogP contribution in [0.4, 0.5) is 0 Å². The third-order valence-corrected chi connectivity index (χ3v) is 4.63. The summed E-state index contributed by atoms with van der Waals surface area (Å²) >= 11 is 0. The fraction of sp³-hybridized carbons (Fsp3) is 0.529. The lowest BCUT2D eigenvalue weighted by Crippen LogP contribution is -2.43. The Hall–Kier alpha value is -2.68. The largest absolute Gasteiger partial charge is 0.383 e. The van der Waals surface area contributed by atoms with Crippen LogP contribution in [0.3, 0.4) is 0 Å². The van der Waals surface area contributed by atoms with Crippen LogP contribution in [-0.2, 0) is 22.6 Å². The molecule has 0 aromatic carbocycles. The molecule has 9 heteroatoms. The summed E-state index contributed by atoms with van der Waals surface area (Å²) in [5.74, 6) is 0.978. The van der Waals surface area contributed by atoms with Gasteiger partial charge in [-0.15, -0.1) is 0 Å². The van der Waals surface area contributed by atoms with Crippen molar-refractivity contribution >= 4 is 5.91 Å². The highest BCUT2D eigenvalue weighted by molar-refractivity contribution is 5.76. The van der Waals surface area contributed by atoms with Crippen LogP contribution < -0.4 is 11.2 Å². The number of aromatic amines is 1. The Morgan fingerprint density at radius 3 is 2.96 bits per heavy atom. The molecular formula is C17H23N5O4. The molecule has 0 bridgehead atoms. The third kappa shape index (κ3) is 4.10. The van der Waals surface area contributed by atoms with Crippen molar-refractivity contribution in [2.24, 2.45) is 0 Å². The molecule has 26 heavy (non-hydrogen) atoms. The second-order valence-corrected chi connectivity index (χ2v) is 6.39. The predicted octanol–water partition coefficient (Wildman–Crippen LogP) is -0.214. The second kappa shape index (κ2) is 8.13. The van der Waals surface area contributed by atoms with E-state index in [-0.39, 0.29) is 18.4 Å². The second-order valence-electron chi connectivity index (χ2n) is 6.39. The molecule has 2 aromatic heterocycles. The number of methoxy groups -OCH3 is 1. The van der Waals surface area contributed by atoms with Crippen molar-refractivity contribution in [3.63, 3.8) is 0 Å². The molecule has 140 valence electrons. The molecule has 1 atom stereocenters.